The van der Waals surface area contributed by atoms with Crippen LogP contribution in [0.1, 0.15) is 17.0 Å². The Morgan fingerprint density at radius 2 is 1.89 bits per heavy atom. The maximum atomic E-state index is 5.33. The van der Waals surface area contributed by atoms with Crippen LogP contribution in [0.2, 0.25) is 0 Å². The van der Waals surface area contributed by atoms with E-state index in [-0.39, 0.29) is 0 Å². The summed E-state index contributed by atoms with van der Waals surface area (Å²) >= 11 is 1.73. The molecule has 0 saturated carbocycles. The molecule has 0 amide bonds. The molecule has 1 aliphatic rings. The Bertz CT molecular complexity index is 862. The van der Waals surface area contributed by atoms with Gasteiger partial charge in [0.2, 0.25) is 0 Å². The van der Waals surface area contributed by atoms with Gasteiger partial charge in [0, 0.05) is 38.0 Å². The first-order chi connectivity index (χ1) is 13.3. The van der Waals surface area contributed by atoms with Crippen molar-refractivity contribution in [3.63, 3.8) is 0 Å². The van der Waals surface area contributed by atoms with Crippen LogP contribution in [0.25, 0.3) is 0 Å². The van der Waals surface area contributed by atoms with Crippen LogP contribution in [0.4, 0.5) is 5.82 Å². The van der Waals surface area contributed by atoms with E-state index in [1.807, 2.05) is 31.5 Å². The monoisotopic (exact) mass is 381 g/mol. The number of hydrogen-bond donors (Lipinski definition) is 0. The third-order valence-corrected chi connectivity index (χ3v) is 5.55. The Morgan fingerprint density at radius 1 is 1.07 bits per heavy atom. The van der Waals surface area contributed by atoms with E-state index in [0.717, 1.165) is 60.8 Å². The van der Waals surface area contributed by atoms with E-state index in [1.54, 1.807) is 11.8 Å². The van der Waals surface area contributed by atoms with E-state index < -0.39 is 0 Å². The normalized spacial score (nSPS) is 15.2. The minimum atomic E-state index is 0.813. The molecule has 0 aliphatic carbocycles. The molecule has 0 bridgehead atoms. The van der Waals surface area contributed by atoms with Crippen LogP contribution in [0.15, 0.2) is 58.3 Å². The molecule has 0 spiro atoms. The third kappa shape index (κ3) is 4.87. The highest BCUT2D eigenvalue weighted by Gasteiger charge is 2.19. The fourth-order valence-electron chi connectivity index (χ4n) is 3.14. The molecule has 0 N–H and O–H groups in total. The quantitative estimate of drug-likeness (QED) is 0.607. The Labute approximate surface area is 163 Å². The number of rotatable bonds is 6. The highest BCUT2D eigenvalue weighted by atomic mass is 32.2. The Hall–Kier alpha value is -2.38. The molecule has 140 valence electrons. The summed E-state index contributed by atoms with van der Waals surface area (Å²) in [6.45, 7) is 6.59. The maximum Gasteiger partial charge on any atom is 0.150 e. The van der Waals surface area contributed by atoms with Crippen molar-refractivity contribution in [3.05, 3.63) is 65.8 Å². The lowest BCUT2D eigenvalue weighted by Gasteiger charge is -2.34. The highest BCUT2D eigenvalue weighted by molar-refractivity contribution is 7.98. The zero-order chi connectivity index (χ0) is 18.5. The summed E-state index contributed by atoms with van der Waals surface area (Å²) in [7, 11) is 0. The van der Waals surface area contributed by atoms with Crippen LogP contribution in [-0.4, -0.2) is 46.2 Å². The van der Waals surface area contributed by atoms with Crippen molar-refractivity contribution in [2.75, 3.05) is 31.1 Å². The fraction of sp³-hybridized carbons (Fsp3) is 0.350. The molecule has 0 atom stereocenters. The van der Waals surface area contributed by atoms with E-state index in [4.69, 9.17) is 9.51 Å². The Kier molecular flexibility index (Phi) is 5.69. The lowest BCUT2D eigenvalue weighted by molar-refractivity contribution is 0.219. The van der Waals surface area contributed by atoms with Gasteiger partial charge >= 0.3 is 0 Å². The average molecular weight is 382 g/mol. The molecule has 0 unspecified atom stereocenters. The van der Waals surface area contributed by atoms with Gasteiger partial charge in [0.1, 0.15) is 10.8 Å². The number of benzene rings is 1. The molecular weight excluding hydrogens is 358 g/mol. The largest absolute Gasteiger partial charge is 0.360 e. The van der Waals surface area contributed by atoms with Gasteiger partial charge in [0.25, 0.3) is 0 Å². The van der Waals surface area contributed by atoms with Gasteiger partial charge in [-0.15, -0.1) is 11.8 Å². The highest BCUT2D eigenvalue weighted by Crippen LogP contribution is 2.23. The topological polar surface area (TPSA) is 58.3 Å². The lowest BCUT2D eigenvalue weighted by Crippen LogP contribution is -2.46. The van der Waals surface area contributed by atoms with Crippen molar-refractivity contribution < 1.29 is 4.52 Å². The molecule has 4 rings (SSSR count). The number of aryl methyl sites for hydroxylation is 1. The SMILES string of the molecule is Cc1cc(CN2CCN(c3cncc(SCc4ccccc4)n3)CC2)on1. The molecule has 1 aromatic carbocycles. The Balaban J connectivity index is 1.31. The Morgan fingerprint density at radius 3 is 2.63 bits per heavy atom. The van der Waals surface area contributed by atoms with Gasteiger partial charge in [-0.25, -0.2) is 4.98 Å². The molecule has 1 fully saturated rings. The number of nitrogens with zero attached hydrogens (tertiary/aromatic N) is 5. The summed E-state index contributed by atoms with van der Waals surface area (Å²) in [4.78, 5) is 13.9. The number of thioether (sulfide) groups is 1. The van der Waals surface area contributed by atoms with Gasteiger partial charge in [0.05, 0.1) is 24.6 Å². The molecule has 2 aromatic heterocycles. The van der Waals surface area contributed by atoms with E-state index in [0.29, 0.717) is 0 Å². The summed E-state index contributed by atoms with van der Waals surface area (Å²) in [5, 5.41) is 4.93. The number of piperazine rings is 1. The zero-order valence-electron chi connectivity index (χ0n) is 15.4. The summed E-state index contributed by atoms with van der Waals surface area (Å²) < 4.78 is 5.33. The van der Waals surface area contributed by atoms with Gasteiger partial charge in [-0.2, -0.15) is 0 Å². The van der Waals surface area contributed by atoms with Crippen molar-refractivity contribution in [3.8, 4) is 0 Å². The van der Waals surface area contributed by atoms with Crippen LogP contribution in [0.3, 0.4) is 0 Å². The van der Waals surface area contributed by atoms with Crippen LogP contribution < -0.4 is 4.90 Å². The van der Waals surface area contributed by atoms with Crippen LogP contribution in [-0.2, 0) is 12.3 Å². The second-order valence-electron chi connectivity index (χ2n) is 6.69. The van der Waals surface area contributed by atoms with Crippen LogP contribution in [0, 0.1) is 6.92 Å². The van der Waals surface area contributed by atoms with E-state index >= 15 is 0 Å². The third-order valence-electron chi connectivity index (χ3n) is 4.58. The maximum absolute atomic E-state index is 5.33. The van der Waals surface area contributed by atoms with Crippen LogP contribution >= 0.6 is 11.8 Å². The van der Waals surface area contributed by atoms with Gasteiger partial charge in [0.15, 0.2) is 5.76 Å². The van der Waals surface area contributed by atoms with E-state index in [9.17, 15) is 0 Å². The minimum Gasteiger partial charge on any atom is -0.360 e. The first-order valence-electron chi connectivity index (χ1n) is 9.14. The van der Waals surface area contributed by atoms with E-state index in [2.05, 4.69) is 44.2 Å². The van der Waals surface area contributed by atoms with Crippen molar-refractivity contribution >= 4 is 17.6 Å². The zero-order valence-corrected chi connectivity index (χ0v) is 16.2. The number of aromatic nitrogens is 3. The summed E-state index contributed by atoms with van der Waals surface area (Å²) in [6, 6.07) is 12.5. The summed E-state index contributed by atoms with van der Waals surface area (Å²) in [6.07, 6.45) is 3.71. The molecule has 1 aliphatic heterocycles. The minimum absolute atomic E-state index is 0.813. The van der Waals surface area contributed by atoms with Gasteiger partial charge in [-0.05, 0) is 12.5 Å². The molecule has 3 heterocycles. The van der Waals surface area contributed by atoms with Gasteiger partial charge in [-0.1, -0.05) is 35.5 Å². The first-order valence-corrected chi connectivity index (χ1v) is 10.1. The molecule has 0 radical (unpaired) electrons. The van der Waals surface area contributed by atoms with Crippen molar-refractivity contribution in [1.82, 2.24) is 20.0 Å². The summed E-state index contributed by atoms with van der Waals surface area (Å²) in [5.41, 5.74) is 2.23. The molecule has 27 heavy (non-hydrogen) atoms. The molecule has 7 heteroatoms. The molecule has 6 nitrogen and oxygen atoms in total. The van der Waals surface area contributed by atoms with Crippen molar-refractivity contribution in [2.45, 2.75) is 24.2 Å². The standard InChI is InChI=1S/C20H23N5OS/c1-16-11-18(26-23-16)14-24-7-9-25(10-8-24)19-12-21-13-20(22-19)27-15-17-5-3-2-4-6-17/h2-6,11-13H,7-10,14-15H2,1H3. The fourth-order valence-corrected chi connectivity index (χ4v) is 3.94. The second-order valence-corrected chi connectivity index (χ2v) is 7.68. The predicted octanol–water partition coefficient (Wildman–Crippen LogP) is 3.39. The predicted molar refractivity (Wildman–Crippen MR) is 107 cm³/mol. The van der Waals surface area contributed by atoms with Crippen molar-refractivity contribution in [2.24, 2.45) is 0 Å². The first kappa shape index (κ1) is 18.0. The van der Waals surface area contributed by atoms with Crippen LogP contribution in [0.5, 0.6) is 0 Å². The summed E-state index contributed by atoms with van der Waals surface area (Å²) in [5.74, 6) is 2.80. The molecule has 1 saturated heterocycles. The van der Waals surface area contributed by atoms with Crippen molar-refractivity contribution in [1.29, 1.82) is 0 Å². The second kappa shape index (κ2) is 8.54. The number of hydrogen-bond acceptors (Lipinski definition) is 7. The van der Waals surface area contributed by atoms with Gasteiger partial charge in [-0.3, -0.25) is 9.88 Å². The molecule has 3 aromatic rings. The lowest BCUT2D eigenvalue weighted by atomic mass is 10.2. The van der Waals surface area contributed by atoms with E-state index in [1.165, 1.54) is 5.56 Å². The average Bonchev–Trinajstić information content (AvgIpc) is 3.13. The smallest absolute Gasteiger partial charge is 0.150 e. The number of anilines is 1. The molecular formula is C20H23N5OS. The van der Waals surface area contributed by atoms with Gasteiger partial charge < -0.3 is 9.42 Å².